The predicted molar refractivity (Wildman–Crippen MR) is 137 cm³/mol. The largest absolute Gasteiger partial charge is 0.493 e. The van der Waals surface area contributed by atoms with Crippen LogP contribution in [0.25, 0.3) is 0 Å². The summed E-state index contributed by atoms with van der Waals surface area (Å²) < 4.78 is 10.9. The van der Waals surface area contributed by atoms with Gasteiger partial charge in [-0.1, -0.05) is 18.2 Å². The smallest absolute Gasteiger partial charge is 0.304 e. The molecule has 0 saturated carbocycles. The summed E-state index contributed by atoms with van der Waals surface area (Å²) in [5, 5.41) is 13.0. The van der Waals surface area contributed by atoms with Crippen molar-refractivity contribution in [2.45, 2.75) is 50.9 Å². The van der Waals surface area contributed by atoms with E-state index in [4.69, 9.17) is 14.5 Å². The van der Waals surface area contributed by atoms with Crippen LogP contribution in [0.5, 0.6) is 5.75 Å². The second-order valence-electron chi connectivity index (χ2n) is 9.86. The van der Waals surface area contributed by atoms with Gasteiger partial charge < -0.3 is 24.8 Å². The molecule has 1 aromatic carbocycles. The number of aliphatic carboxylic acids is 1. The fourth-order valence-corrected chi connectivity index (χ4v) is 5.24. The lowest BCUT2D eigenvalue weighted by molar-refractivity contribution is -0.137. The van der Waals surface area contributed by atoms with Crippen molar-refractivity contribution in [1.29, 1.82) is 0 Å². The third-order valence-corrected chi connectivity index (χ3v) is 7.12. The molecule has 3 heterocycles. The van der Waals surface area contributed by atoms with Crippen molar-refractivity contribution in [3.05, 3.63) is 53.2 Å². The van der Waals surface area contributed by atoms with Gasteiger partial charge >= 0.3 is 5.97 Å². The Morgan fingerprint density at radius 2 is 2.20 bits per heavy atom. The quantitative estimate of drug-likeness (QED) is 0.411. The Bertz CT molecular complexity index is 967. The van der Waals surface area contributed by atoms with E-state index in [1.807, 2.05) is 24.3 Å². The molecule has 2 N–H and O–H groups in total. The Labute approximate surface area is 208 Å². The SMILES string of the molecule is COCCCOc1cccc(C(CC(=O)O)CN2CC[C@@H](CCc3ccc4c(n3)NCCC4)C2)c1. The molecule has 0 spiro atoms. The van der Waals surface area contributed by atoms with Gasteiger partial charge in [-0.25, -0.2) is 4.98 Å². The van der Waals surface area contributed by atoms with Crippen LogP contribution >= 0.6 is 0 Å². The Kier molecular flexibility index (Phi) is 9.37. The maximum absolute atomic E-state index is 11.6. The van der Waals surface area contributed by atoms with E-state index >= 15 is 0 Å². The minimum atomic E-state index is -0.760. The van der Waals surface area contributed by atoms with Gasteiger partial charge in [-0.3, -0.25) is 4.79 Å². The van der Waals surface area contributed by atoms with Crippen LogP contribution in [0.4, 0.5) is 5.82 Å². The lowest BCUT2D eigenvalue weighted by Crippen LogP contribution is -2.28. The molecule has 0 aliphatic carbocycles. The highest BCUT2D eigenvalue weighted by molar-refractivity contribution is 5.68. The Hall–Kier alpha value is -2.64. The Morgan fingerprint density at radius 1 is 1.29 bits per heavy atom. The first-order valence-electron chi connectivity index (χ1n) is 13.0. The number of aromatic nitrogens is 1. The number of nitrogens with zero attached hydrogens (tertiary/aromatic N) is 2. The average molecular weight is 482 g/mol. The number of methoxy groups -OCH3 is 1. The molecule has 1 fully saturated rings. The lowest BCUT2D eigenvalue weighted by Gasteiger charge is -2.24. The van der Waals surface area contributed by atoms with Crippen molar-refractivity contribution < 1.29 is 19.4 Å². The molecular formula is C28H39N3O4. The monoisotopic (exact) mass is 481 g/mol. The first-order chi connectivity index (χ1) is 17.1. The molecule has 190 valence electrons. The zero-order valence-electron chi connectivity index (χ0n) is 20.9. The average Bonchev–Trinajstić information content (AvgIpc) is 3.32. The maximum atomic E-state index is 11.6. The number of fused-ring (bicyclic) bond motifs is 1. The molecule has 1 saturated heterocycles. The third-order valence-electron chi connectivity index (χ3n) is 7.12. The van der Waals surface area contributed by atoms with Crippen LogP contribution in [0.15, 0.2) is 36.4 Å². The molecule has 2 aromatic rings. The number of hydrogen-bond acceptors (Lipinski definition) is 6. The molecule has 1 aromatic heterocycles. The zero-order chi connectivity index (χ0) is 24.5. The predicted octanol–water partition coefficient (Wildman–Crippen LogP) is 4.37. The van der Waals surface area contributed by atoms with Crippen molar-refractivity contribution in [1.82, 2.24) is 9.88 Å². The number of anilines is 1. The summed E-state index contributed by atoms with van der Waals surface area (Å²) in [6.07, 6.45) is 6.52. The molecule has 7 nitrogen and oxygen atoms in total. The van der Waals surface area contributed by atoms with Gasteiger partial charge in [0.05, 0.1) is 13.0 Å². The number of nitrogens with one attached hydrogen (secondary N) is 1. The molecule has 7 heteroatoms. The molecule has 2 atom stereocenters. The number of aryl methyl sites for hydroxylation is 2. The molecule has 4 rings (SSSR count). The fourth-order valence-electron chi connectivity index (χ4n) is 5.24. The Balaban J connectivity index is 1.30. The number of ether oxygens (including phenoxy) is 2. The van der Waals surface area contributed by atoms with E-state index in [1.165, 1.54) is 17.7 Å². The molecule has 0 bridgehead atoms. The number of pyridine rings is 1. The van der Waals surface area contributed by atoms with E-state index in [1.54, 1.807) is 7.11 Å². The second kappa shape index (κ2) is 12.9. The van der Waals surface area contributed by atoms with Crippen LogP contribution in [-0.2, 0) is 22.4 Å². The van der Waals surface area contributed by atoms with Crippen LogP contribution in [0.3, 0.4) is 0 Å². The van der Waals surface area contributed by atoms with Gasteiger partial charge in [-0.05, 0) is 73.9 Å². The zero-order valence-corrected chi connectivity index (χ0v) is 20.9. The Morgan fingerprint density at radius 3 is 3.06 bits per heavy atom. The van der Waals surface area contributed by atoms with Gasteiger partial charge in [0.1, 0.15) is 11.6 Å². The number of rotatable bonds is 13. The molecule has 0 radical (unpaired) electrons. The second-order valence-corrected chi connectivity index (χ2v) is 9.86. The first kappa shape index (κ1) is 25.5. The number of likely N-dealkylation sites (tertiary alicyclic amines) is 1. The normalized spacial score (nSPS) is 18.6. The number of carbonyl (C=O) groups is 1. The minimum Gasteiger partial charge on any atom is -0.493 e. The minimum absolute atomic E-state index is 0.0536. The third kappa shape index (κ3) is 7.67. The van der Waals surface area contributed by atoms with E-state index in [0.29, 0.717) is 19.1 Å². The molecule has 2 aliphatic rings. The van der Waals surface area contributed by atoms with Crippen LogP contribution in [0.2, 0.25) is 0 Å². The number of carboxylic acids is 1. The van der Waals surface area contributed by atoms with Crippen molar-refractivity contribution in [2.75, 3.05) is 51.8 Å². The van der Waals surface area contributed by atoms with Gasteiger partial charge in [0.15, 0.2) is 0 Å². The summed E-state index contributed by atoms with van der Waals surface area (Å²) in [5.74, 6) is 1.68. The van der Waals surface area contributed by atoms with Gasteiger partial charge in [-0.15, -0.1) is 0 Å². The summed E-state index contributed by atoms with van der Waals surface area (Å²) in [6, 6.07) is 12.3. The number of benzene rings is 1. The van der Waals surface area contributed by atoms with E-state index < -0.39 is 5.97 Å². The van der Waals surface area contributed by atoms with Crippen molar-refractivity contribution in [3.63, 3.8) is 0 Å². The highest BCUT2D eigenvalue weighted by Gasteiger charge is 2.27. The highest BCUT2D eigenvalue weighted by atomic mass is 16.5. The van der Waals surface area contributed by atoms with Crippen molar-refractivity contribution in [3.8, 4) is 5.75 Å². The standard InChI is InChI=1S/C28H39N3O4/c1-34-15-4-16-35-26-7-2-5-23(17-26)24(18-27(32)33)20-31-14-12-21(19-31)8-10-25-11-9-22-6-3-13-29-28(22)30-25/h2,5,7,9,11,17,21,24H,3-4,6,8,10,12-16,18-20H2,1H3,(H,29,30)(H,32,33)/t21-,24?/m1/s1. The van der Waals surface area contributed by atoms with Gasteiger partial charge in [0.25, 0.3) is 0 Å². The summed E-state index contributed by atoms with van der Waals surface area (Å²) in [5.41, 5.74) is 3.54. The van der Waals surface area contributed by atoms with Gasteiger partial charge in [0, 0.05) is 51.4 Å². The van der Waals surface area contributed by atoms with Crippen LogP contribution < -0.4 is 10.1 Å². The van der Waals surface area contributed by atoms with Crippen molar-refractivity contribution >= 4 is 11.8 Å². The lowest BCUT2D eigenvalue weighted by atomic mass is 9.94. The molecule has 35 heavy (non-hydrogen) atoms. The van der Waals surface area contributed by atoms with Gasteiger partial charge in [0.2, 0.25) is 0 Å². The van der Waals surface area contributed by atoms with E-state index in [9.17, 15) is 9.90 Å². The topological polar surface area (TPSA) is 83.9 Å². The number of hydrogen-bond donors (Lipinski definition) is 2. The van der Waals surface area contributed by atoms with E-state index in [-0.39, 0.29) is 12.3 Å². The van der Waals surface area contributed by atoms with Gasteiger partial charge in [-0.2, -0.15) is 0 Å². The van der Waals surface area contributed by atoms with Crippen LogP contribution in [0, 0.1) is 5.92 Å². The summed E-state index contributed by atoms with van der Waals surface area (Å²) in [4.78, 5) is 18.9. The van der Waals surface area contributed by atoms with Crippen molar-refractivity contribution in [2.24, 2.45) is 5.92 Å². The molecular weight excluding hydrogens is 442 g/mol. The maximum Gasteiger partial charge on any atom is 0.304 e. The van der Waals surface area contributed by atoms with E-state index in [0.717, 1.165) is 75.4 Å². The van der Waals surface area contributed by atoms with Crippen LogP contribution in [-0.4, -0.2) is 67.5 Å². The van der Waals surface area contributed by atoms with E-state index in [2.05, 4.69) is 22.3 Å². The summed E-state index contributed by atoms with van der Waals surface area (Å²) in [6.45, 7) is 5.07. The first-order valence-corrected chi connectivity index (χ1v) is 13.0. The highest BCUT2D eigenvalue weighted by Crippen LogP contribution is 2.29. The van der Waals surface area contributed by atoms with Crippen LogP contribution in [0.1, 0.15) is 54.8 Å². The molecule has 0 amide bonds. The fraction of sp³-hybridized carbons (Fsp3) is 0.571. The number of carboxylic acid groups (broad SMARTS) is 1. The molecule has 1 unspecified atom stereocenters. The summed E-state index contributed by atoms with van der Waals surface area (Å²) in [7, 11) is 1.68. The molecule has 2 aliphatic heterocycles. The summed E-state index contributed by atoms with van der Waals surface area (Å²) >= 11 is 0.